The summed E-state index contributed by atoms with van der Waals surface area (Å²) in [5, 5.41) is 20.4. The maximum absolute atomic E-state index is 14.8. The van der Waals surface area contributed by atoms with Crippen molar-refractivity contribution < 1.29 is 32.0 Å². The molecule has 2 aromatic heterocycles. The third-order valence-corrected chi connectivity index (χ3v) is 8.65. The number of hydrogen-bond donors (Lipinski definition) is 3. The van der Waals surface area contributed by atoms with E-state index in [4.69, 9.17) is 9.88 Å². The van der Waals surface area contributed by atoms with Gasteiger partial charge in [0.25, 0.3) is 0 Å². The van der Waals surface area contributed by atoms with Gasteiger partial charge in [-0.2, -0.15) is 18.3 Å². The van der Waals surface area contributed by atoms with Crippen molar-refractivity contribution in [2.45, 2.75) is 17.5 Å². The summed E-state index contributed by atoms with van der Waals surface area (Å²) in [5.41, 5.74) is 0.923. The number of carboxylic acid groups (broad SMARTS) is 1. The standard InChI is InChI=1S/C29H25F3N4O4S2/c1-40-21-8-4-6-19(15-21)18-5-3-7-20(14-18)25-23(13-17-9-11-22(12-10-17)42(2,33)39)26(29(30,31)32)36(35-25)28-34-24(16-41-28)27(37)38/h3-12,14-16,42H,13H2,1-2H3,(H2,33,39)(H,37,38). The molecule has 0 bridgehead atoms. The van der Waals surface area contributed by atoms with Crippen LogP contribution in [0.1, 0.15) is 27.3 Å². The molecule has 0 aliphatic carbocycles. The van der Waals surface area contributed by atoms with Gasteiger partial charge in [0.1, 0.15) is 5.75 Å². The summed E-state index contributed by atoms with van der Waals surface area (Å²) in [6.45, 7) is 0. The Morgan fingerprint density at radius 1 is 1.05 bits per heavy atom. The Kier molecular flexibility index (Phi) is 7.75. The minimum Gasteiger partial charge on any atom is -0.497 e. The summed E-state index contributed by atoms with van der Waals surface area (Å²) in [7, 11) is -1.51. The Morgan fingerprint density at radius 2 is 1.69 bits per heavy atom. The third-order valence-electron chi connectivity index (χ3n) is 6.51. The minimum absolute atomic E-state index is 0.0585. The summed E-state index contributed by atoms with van der Waals surface area (Å²) >= 11 is 0.743. The number of hydrogen-bond acceptors (Lipinski definition) is 6. The van der Waals surface area contributed by atoms with Crippen LogP contribution in [0.15, 0.2) is 83.1 Å². The molecule has 0 unspecified atom stereocenters. The number of methoxy groups -OCH3 is 1. The lowest BCUT2D eigenvalue weighted by molar-refractivity contribution is -0.143. The van der Waals surface area contributed by atoms with Crippen LogP contribution < -0.4 is 9.88 Å². The molecule has 0 aliphatic heterocycles. The van der Waals surface area contributed by atoms with Gasteiger partial charge in [0.2, 0.25) is 5.13 Å². The topological polar surface area (TPSA) is 120 Å². The summed E-state index contributed by atoms with van der Waals surface area (Å²) in [6, 6.07) is 20.5. The largest absolute Gasteiger partial charge is 0.497 e. The van der Waals surface area contributed by atoms with Gasteiger partial charge in [-0.25, -0.2) is 14.5 Å². The van der Waals surface area contributed by atoms with E-state index < -0.39 is 28.0 Å². The number of alkyl halides is 3. The first-order valence-corrected chi connectivity index (χ1v) is 15.5. The highest BCUT2D eigenvalue weighted by Gasteiger charge is 2.41. The van der Waals surface area contributed by atoms with Gasteiger partial charge >= 0.3 is 12.1 Å². The molecule has 3 N–H and O–H groups in total. The lowest BCUT2D eigenvalue weighted by Gasteiger charge is -2.14. The number of carbonyl (C=O) groups is 1. The van der Waals surface area contributed by atoms with Gasteiger partial charge in [0.05, 0.1) is 12.8 Å². The van der Waals surface area contributed by atoms with Crippen LogP contribution in [0.3, 0.4) is 0 Å². The second kappa shape index (κ2) is 11.2. The highest BCUT2D eigenvalue weighted by Crippen LogP contribution is 2.41. The van der Waals surface area contributed by atoms with Crippen molar-refractivity contribution in [1.82, 2.24) is 14.8 Å². The molecule has 42 heavy (non-hydrogen) atoms. The first-order chi connectivity index (χ1) is 19.8. The molecule has 0 saturated carbocycles. The Balaban J connectivity index is 1.71. The lowest BCUT2D eigenvalue weighted by Crippen LogP contribution is -2.20. The van der Waals surface area contributed by atoms with Crippen LogP contribution in [-0.2, 0) is 22.7 Å². The molecule has 0 atom stereocenters. The zero-order chi connectivity index (χ0) is 30.2. The van der Waals surface area contributed by atoms with Crippen molar-refractivity contribution in [1.29, 1.82) is 0 Å². The average molecular weight is 615 g/mol. The van der Waals surface area contributed by atoms with Gasteiger partial charge < -0.3 is 9.84 Å². The third kappa shape index (κ3) is 5.98. The van der Waals surface area contributed by atoms with Crippen LogP contribution in [-0.4, -0.2) is 43.4 Å². The molecule has 0 aliphatic rings. The highest BCUT2D eigenvalue weighted by molar-refractivity contribution is 8.00. The number of nitrogens with zero attached hydrogens (tertiary/aromatic N) is 3. The predicted molar refractivity (Wildman–Crippen MR) is 156 cm³/mol. The summed E-state index contributed by atoms with van der Waals surface area (Å²) < 4.78 is 62.6. The van der Waals surface area contributed by atoms with Gasteiger partial charge in [-0.05, 0) is 57.1 Å². The molecule has 5 aromatic rings. The van der Waals surface area contributed by atoms with E-state index in [0.29, 0.717) is 26.5 Å². The monoisotopic (exact) mass is 614 g/mol. The number of nitrogens with two attached hydrogens (primary N) is 1. The Bertz CT molecular complexity index is 1830. The van der Waals surface area contributed by atoms with Crippen molar-refractivity contribution in [3.63, 3.8) is 0 Å². The number of rotatable bonds is 8. The van der Waals surface area contributed by atoms with Gasteiger partial charge in [0.15, 0.2) is 11.4 Å². The van der Waals surface area contributed by atoms with Crippen molar-refractivity contribution in [2.75, 3.05) is 13.4 Å². The van der Waals surface area contributed by atoms with E-state index in [1.54, 1.807) is 43.5 Å². The molecule has 0 saturated heterocycles. The molecular formula is C29H25F3N4O4S2. The van der Waals surface area contributed by atoms with Crippen LogP contribution in [0.2, 0.25) is 0 Å². The van der Waals surface area contributed by atoms with E-state index in [9.17, 15) is 27.3 Å². The maximum Gasteiger partial charge on any atom is 0.433 e. The van der Waals surface area contributed by atoms with E-state index in [1.165, 1.54) is 18.4 Å². The minimum atomic E-state index is -4.86. The number of halogens is 3. The van der Waals surface area contributed by atoms with E-state index in [2.05, 4.69) is 10.1 Å². The highest BCUT2D eigenvalue weighted by atomic mass is 32.3. The number of aromatic nitrogens is 3. The Morgan fingerprint density at radius 3 is 2.29 bits per heavy atom. The molecule has 0 amide bonds. The summed E-state index contributed by atoms with van der Waals surface area (Å²) in [6.07, 6.45) is -3.64. The molecule has 3 aromatic carbocycles. The molecule has 2 heterocycles. The van der Waals surface area contributed by atoms with Gasteiger partial charge in [0, 0.05) is 34.1 Å². The molecule has 218 valence electrons. The molecular weight excluding hydrogens is 589 g/mol. The Labute approximate surface area is 243 Å². The van der Waals surface area contributed by atoms with E-state index >= 15 is 0 Å². The number of aromatic carboxylic acids is 1. The first kappa shape index (κ1) is 29.2. The number of thiol groups is 1. The van der Waals surface area contributed by atoms with E-state index in [-0.39, 0.29) is 28.5 Å². The fourth-order valence-electron chi connectivity index (χ4n) is 4.50. The fourth-order valence-corrected chi connectivity index (χ4v) is 6.00. The number of thiazole rings is 1. The molecule has 0 fully saturated rings. The van der Waals surface area contributed by atoms with Crippen LogP contribution in [0, 0.1) is 0 Å². The lowest BCUT2D eigenvalue weighted by atomic mass is 9.96. The molecule has 0 radical (unpaired) electrons. The number of ether oxygens (including phenoxy) is 1. The van der Waals surface area contributed by atoms with Crippen molar-refractivity contribution in [3.05, 3.63) is 101 Å². The Hall–Kier alpha value is -4.33. The quantitative estimate of drug-likeness (QED) is 0.189. The maximum atomic E-state index is 14.8. The average Bonchev–Trinajstić information content (AvgIpc) is 3.59. The van der Waals surface area contributed by atoms with Gasteiger partial charge in [-0.3, -0.25) is 9.35 Å². The summed E-state index contributed by atoms with van der Waals surface area (Å²) in [5.74, 6) is -0.740. The van der Waals surface area contributed by atoms with Crippen molar-refractivity contribution >= 4 is 27.4 Å². The molecule has 8 nitrogen and oxygen atoms in total. The number of carboxylic acids is 1. The second-order valence-corrected chi connectivity index (χ2v) is 12.9. The zero-order valence-corrected chi connectivity index (χ0v) is 24.0. The molecule has 0 spiro atoms. The fraction of sp³-hybridized carbons (Fsp3) is 0.138. The SMILES string of the molecule is COc1cccc(-c2cccc(-c3nn(-c4nc(C(=O)O)cs4)c(C(F)(F)F)c3Cc3ccc([SH](C)(N)=O)cc3)c2)c1. The van der Waals surface area contributed by atoms with E-state index in [1.807, 2.05) is 24.3 Å². The number of benzene rings is 3. The predicted octanol–water partition coefficient (Wildman–Crippen LogP) is 5.86. The van der Waals surface area contributed by atoms with Crippen LogP contribution in [0.5, 0.6) is 5.75 Å². The van der Waals surface area contributed by atoms with Crippen molar-refractivity contribution in [3.8, 4) is 33.3 Å². The molecule has 5 rings (SSSR count). The summed E-state index contributed by atoms with van der Waals surface area (Å²) in [4.78, 5) is 15.7. The smallest absolute Gasteiger partial charge is 0.433 e. The van der Waals surface area contributed by atoms with Crippen LogP contribution >= 0.6 is 11.3 Å². The van der Waals surface area contributed by atoms with Crippen molar-refractivity contribution in [2.24, 2.45) is 5.14 Å². The normalized spacial score (nSPS) is 12.3. The van der Waals surface area contributed by atoms with E-state index in [0.717, 1.165) is 27.8 Å². The second-order valence-electron chi connectivity index (χ2n) is 9.55. The van der Waals surface area contributed by atoms with Gasteiger partial charge in [-0.1, -0.05) is 42.5 Å². The van der Waals surface area contributed by atoms with Gasteiger partial charge in [-0.15, -0.1) is 11.3 Å². The first-order valence-electron chi connectivity index (χ1n) is 12.4. The zero-order valence-electron chi connectivity index (χ0n) is 22.3. The van der Waals surface area contributed by atoms with Crippen LogP contribution in [0.4, 0.5) is 13.2 Å². The van der Waals surface area contributed by atoms with Crippen LogP contribution in [0.25, 0.3) is 27.5 Å². The molecule has 13 heteroatoms.